The molecule has 20 heavy (non-hydrogen) atoms. The van der Waals surface area contributed by atoms with Gasteiger partial charge in [0.2, 0.25) is 0 Å². The zero-order valence-electron chi connectivity index (χ0n) is 13.5. The number of ether oxygens (including phenoxy) is 1. The highest BCUT2D eigenvalue weighted by Gasteiger charge is 2.13. The van der Waals surface area contributed by atoms with Gasteiger partial charge in [-0.3, -0.25) is 0 Å². The normalized spacial score (nSPS) is 12.8. The van der Waals surface area contributed by atoms with Gasteiger partial charge in [-0.15, -0.1) is 0 Å². The number of hydrogen-bond acceptors (Lipinski definition) is 3. The van der Waals surface area contributed by atoms with Gasteiger partial charge in [0, 0.05) is 19.2 Å². The van der Waals surface area contributed by atoms with Crippen molar-refractivity contribution >= 4 is 0 Å². The molecule has 0 radical (unpaired) electrons. The fraction of sp³-hybridized carbons (Fsp3) is 0.647. The summed E-state index contributed by atoms with van der Waals surface area (Å²) in [6, 6.07) is 9.11. The molecule has 1 unspecified atom stereocenters. The lowest BCUT2D eigenvalue weighted by molar-refractivity contribution is 0.121. The first kappa shape index (κ1) is 17.2. The van der Waals surface area contributed by atoms with Gasteiger partial charge in [0.1, 0.15) is 0 Å². The summed E-state index contributed by atoms with van der Waals surface area (Å²) in [5.41, 5.74) is 2.79. The number of hydrogen-bond donors (Lipinski definition) is 1. The van der Waals surface area contributed by atoms with Crippen molar-refractivity contribution in [2.24, 2.45) is 0 Å². The second-order valence-corrected chi connectivity index (χ2v) is 5.26. The Bertz CT molecular complexity index is 368. The molecular weight excluding hydrogens is 248 g/mol. The van der Waals surface area contributed by atoms with Gasteiger partial charge < -0.3 is 15.0 Å². The van der Waals surface area contributed by atoms with Crippen LogP contribution < -0.4 is 5.32 Å². The fourth-order valence-corrected chi connectivity index (χ4v) is 2.42. The van der Waals surface area contributed by atoms with E-state index in [0.29, 0.717) is 6.04 Å². The van der Waals surface area contributed by atoms with E-state index in [4.69, 9.17) is 4.74 Å². The lowest BCUT2D eigenvalue weighted by Gasteiger charge is -2.24. The van der Waals surface area contributed by atoms with Gasteiger partial charge in [0.25, 0.3) is 0 Å². The molecule has 0 spiro atoms. The Morgan fingerprint density at radius 2 is 1.95 bits per heavy atom. The van der Waals surface area contributed by atoms with Crippen molar-refractivity contribution < 1.29 is 4.74 Å². The Hall–Kier alpha value is -0.900. The Morgan fingerprint density at radius 1 is 1.20 bits per heavy atom. The average Bonchev–Trinajstić information content (AvgIpc) is 2.44. The van der Waals surface area contributed by atoms with Gasteiger partial charge in [0.15, 0.2) is 0 Å². The van der Waals surface area contributed by atoms with Crippen molar-refractivity contribution in [1.29, 1.82) is 0 Å². The molecule has 1 rings (SSSR count). The molecule has 0 bridgehead atoms. The highest BCUT2D eigenvalue weighted by molar-refractivity contribution is 5.28. The second kappa shape index (κ2) is 9.92. The molecule has 1 aromatic carbocycles. The maximum absolute atomic E-state index is 5.40. The third kappa shape index (κ3) is 6.04. The van der Waals surface area contributed by atoms with Crippen LogP contribution in [0.3, 0.4) is 0 Å². The number of rotatable bonds is 10. The van der Waals surface area contributed by atoms with E-state index in [0.717, 1.165) is 39.3 Å². The maximum Gasteiger partial charge on any atom is 0.0593 e. The first-order valence-electron chi connectivity index (χ1n) is 7.74. The summed E-state index contributed by atoms with van der Waals surface area (Å²) in [5, 5.41) is 3.60. The average molecular weight is 278 g/mol. The van der Waals surface area contributed by atoms with Crippen LogP contribution in [0.25, 0.3) is 0 Å². The molecule has 1 N–H and O–H groups in total. The van der Waals surface area contributed by atoms with Crippen LogP contribution in [-0.2, 0) is 4.74 Å². The van der Waals surface area contributed by atoms with Crippen molar-refractivity contribution in [1.82, 2.24) is 10.2 Å². The summed E-state index contributed by atoms with van der Waals surface area (Å²) in [7, 11) is 2.17. The predicted octanol–water partition coefficient (Wildman–Crippen LogP) is 3.00. The van der Waals surface area contributed by atoms with Crippen molar-refractivity contribution in [3.05, 3.63) is 35.4 Å². The van der Waals surface area contributed by atoms with E-state index >= 15 is 0 Å². The van der Waals surface area contributed by atoms with E-state index in [9.17, 15) is 0 Å². The molecule has 3 nitrogen and oxygen atoms in total. The van der Waals surface area contributed by atoms with E-state index in [1.54, 1.807) is 0 Å². The minimum atomic E-state index is 0.441. The zero-order valence-corrected chi connectivity index (χ0v) is 13.5. The molecule has 3 heteroatoms. The summed E-state index contributed by atoms with van der Waals surface area (Å²) in [6.45, 7) is 11.1. The standard InChI is InChI=1S/C17H30N2O/c1-5-18-17(16-10-8-7-9-15(16)3)11-12-19(4)13-14-20-6-2/h7-10,17-18H,5-6,11-14H2,1-4H3. The molecular formula is C17H30N2O. The summed E-state index contributed by atoms with van der Waals surface area (Å²) in [6.07, 6.45) is 1.13. The van der Waals surface area contributed by atoms with Gasteiger partial charge in [-0.25, -0.2) is 0 Å². The van der Waals surface area contributed by atoms with Gasteiger partial charge in [-0.1, -0.05) is 31.2 Å². The first-order valence-corrected chi connectivity index (χ1v) is 7.74. The molecule has 0 amide bonds. The molecule has 1 atom stereocenters. The highest BCUT2D eigenvalue weighted by atomic mass is 16.5. The molecule has 0 aliphatic heterocycles. The Morgan fingerprint density at radius 3 is 2.60 bits per heavy atom. The minimum Gasteiger partial charge on any atom is -0.380 e. The smallest absolute Gasteiger partial charge is 0.0593 e. The summed E-state index contributed by atoms with van der Waals surface area (Å²) >= 11 is 0. The van der Waals surface area contributed by atoms with Crippen LogP contribution in [-0.4, -0.2) is 44.8 Å². The lowest BCUT2D eigenvalue weighted by Crippen LogP contribution is -2.29. The van der Waals surface area contributed by atoms with Crippen LogP contribution in [0.5, 0.6) is 0 Å². The van der Waals surface area contributed by atoms with Crippen LogP contribution in [0.4, 0.5) is 0 Å². The van der Waals surface area contributed by atoms with E-state index in [-0.39, 0.29) is 0 Å². The second-order valence-electron chi connectivity index (χ2n) is 5.26. The Kier molecular flexibility index (Phi) is 8.51. The molecule has 1 aromatic rings. The summed E-state index contributed by atoms with van der Waals surface area (Å²) < 4.78 is 5.40. The third-order valence-electron chi connectivity index (χ3n) is 3.64. The Labute approximate surface area is 124 Å². The van der Waals surface area contributed by atoms with Crippen molar-refractivity contribution in [2.75, 3.05) is 39.9 Å². The number of likely N-dealkylation sites (N-methyl/N-ethyl adjacent to an activating group) is 1. The summed E-state index contributed by atoms with van der Waals surface area (Å²) in [4.78, 5) is 2.35. The summed E-state index contributed by atoms with van der Waals surface area (Å²) in [5.74, 6) is 0. The topological polar surface area (TPSA) is 24.5 Å². The Balaban J connectivity index is 2.49. The number of aryl methyl sites for hydroxylation is 1. The van der Waals surface area contributed by atoms with Gasteiger partial charge in [-0.2, -0.15) is 0 Å². The van der Waals surface area contributed by atoms with Gasteiger partial charge in [-0.05, 0) is 51.5 Å². The van der Waals surface area contributed by atoms with E-state index < -0.39 is 0 Å². The minimum absolute atomic E-state index is 0.441. The van der Waals surface area contributed by atoms with E-state index in [2.05, 4.69) is 55.4 Å². The largest absolute Gasteiger partial charge is 0.380 e. The molecule has 0 aliphatic rings. The number of nitrogens with zero attached hydrogens (tertiary/aromatic N) is 1. The molecule has 114 valence electrons. The monoisotopic (exact) mass is 278 g/mol. The van der Waals surface area contributed by atoms with Crippen LogP contribution in [0.15, 0.2) is 24.3 Å². The molecule has 0 saturated carbocycles. The lowest BCUT2D eigenvalue weighted by atomic mass is 9.98. The quantitative estimate of drug-likeness (QED) is 0.666. The highest BCUT2D eigenvalue weighted by Crippen LogP contribution is 2.20. The molecule has 0 aromatic heterocycles. The zero-order chi connectivity index (χ0) is 14.8. The third-order valence-corrected chi connectivity index (χ3v) is 3.64. The molecule has 0 fully saturated rings. The van der Waals surface area contributed by atoms with Crippen molar-refractivity contribution in [3.8, 4) is 0 Å². The van der Waals surface area contributed by atoms with Crippen LogP contribution in [0.1, 0.15) is 37.4 Å². The first-order chi connectivity index (χ1) is 9.69. The van der Waals surface area contributed by atoms with Crippen molar-refractivity contribution in [3.63, 3.8) is 0 Å². The SMILES string of the molecule is CCNC(CCN(C)CCOCC)c1ccccc1C. The van der Waals surface area contributed by atoms with Crippen molar-refractivity contribution in [2.45, 2.75) is 33.2 Å². The van der Waals surface area contributed by atoms with Crippen LogP contribution >= 0.6 is 0 Å². The maximum atomic E-state index is 5.40. The van der Waals surface area contributed by atoms with E-state index in [1.807, 2.05) is 6.92 Å². The predicted molar refractivity (Wildman–Crippen MR) is 86.2 cm³/mol. The number of nitrogens with one attached hydrogen (secondary N) is 1. The van der Waals surface area contributed by atoms with E-state index in [1.165, 1.54) is 11.1 Å². The van der Waals surface area contributed by atoms with Gasteiger partial charge >= 0.3 is 0 Å². The fourth-order valence-electron chi connectivity index (χ4n) is 2.42. The molecule has 0 saturated heterocycles. The van der Waals surface area contributed by atoms with Crippen LogP contribution in [0.2, 0.25) is 0 Å². The molecule has 0 aliphatic carbocycles. The number of benzene rings is 1. The molecule has 0 heterocycles. The van der Waals surface area contributed by atoms with Crippen LogP contribution in [0, 0.1) is 6.92 Å². The van der Waals surface area contributed by atoms with Gasteiger partial charge in [0.05, 0.1) is 6.61 Å².